The Morgan fingerprint density at radius 1 is 1.20 bits per heavy atom. The number of fused-ring (bicyclic) bond motifs is 1. The number of pyridine rings is 1. The molecule has 0 spiro atoms. The Balaban J connectivity index is 1.77. The maximum Gasteiger partial charge on any atom is 0.416 e. The molecule has 35 heavy (non-hydrogen) atoms. The fourth-order valence-electron chi connectivity index (χ4n) is 3.83. The molecule has 10 heteroatoms. The van der Waals surface area contributed by atoms with E-state index >= 15 is 0 Å². The average molecular weight is 483 g/mol. The van der Waals surface area contributed by atoms with E-state index in [-0.39, 0.29) is 24.7 Å². The Morgan fingerprint density at radius 2 is 1.94 bits per heavy atom. The van der Waals surface area contributed by atoms with Crippen molar-refractivity contribution in [3.05, 3.63) is 53.7 Å². The van der Waals surface area contributed by atoms with Crippen LogP contribution >= 0.6 is 0 Å². The largest absolute Gasteiger partial charge is 0.481 e. The van der Waals surface area contributed by atoms with E-state index in [1.54, 1.807) is 64.2 Å². The molecule has 3 rings (SSSR count). The van der Waals surface area contributed by atoms with Crippen LogP contribution in [0.1, 0.15) is 38.3 Å². The second kappa shape index (κ2) is 10.5. The predicted molar refractivity (Wildman–Crippen MR) is 129 cm³/mol. The van der Waals surface area contributed by atoms with Crippen LogP contribution in [0.4, 0.5) is 16.3 Å². The lowest BCUT2D eigenvalue weighted by Gasteiger charge is -2.26. The number of rotatable bonds is 6. The van der Waals surface area contributed by atoms with E-state index in [9.17, 15) is 19.2 Å². The van der Waals surface area contributed by atoms with E-state index in [2.05, 4.69) is 10.3 Å². The Morgan fingerprint density at radius 3 is 2.57 bits per heavy atom. The van der Waals surface area contributed by atoms with Gasteiger partial charge in [0.1, 0.15) is 18.0 Å². The Hall–Kier alpha value is -3.95. The third kappa shape index (κ3) is 7.02. The second-order valence-corrected chi connectivity index (χ2v) is 9.48. The number of hydrogen-bond acceptors (Lipinski definition) is 6. The lowest BCUT2D eigenvalue weighted by molar-refractivity contribution is -0.143. The van der Waals surface area contributed by atoms with Crippen LogP contribution in [0.5, 0.6) is 0 Å². The second-order valence-electron chi connectivity index (χ2n) is 9.48. The van der Waals surface area contributed by atoms with Crippen LogP contribution in [-0.4, -0.2) is 58.1 Å². The molecular weight excluding hydrogens is 452 g/mol. The monoisotopic (exact) mass is 482 g/mol. The number of amides is 3. The van der Waals surface area contributed by atoms with Crippen molar-refractivity contribution in [2.24, 2.45) is 5.92 Å². The van der Waals surface area contributed by atoms with Gasteiger partial charge in [0.05, 0.1) is 12.3 Å². The van der Waals surface area contributed by atoms with Gasteiger partial charge in [0.2, 0.25) is 11.8 Å². The molecule has 0 saturated carbocycles. The van der Waals surface area contributed by atoms with Crippen LogP contribution in [0.25, 0.3) is 0 Å². The van der Waals surface area contributed by atoms with Gasteiger partial charge in [-0.15, -0.1) is 0 Å². The SMILES string of the molecule is CN1Cc2cc(NC(=O)CN(C(=O)OC(C)(C)C)c3ccccn3)ccc2CC(CC(=O)O)C1=O. The smallest absolute Gasteiger partial charge is 0.416 e. The number of anilines is 2. The number of carboxylic acid groups (broad SMARTS) is 1. The molecule has 1 aliphatic heterocycles. The predicted octanol–water partition coefficient (Wildman–Crippen LogP) is 3.07. The minimum absolute atomic E-state index is 0.224. The number of carbonyl (C=O) groups is 4. The zero-order valence-electron chi connectivity index (χ0n) is 20.3. The summed E-state index contributed by atoms with van der Waals surface area (Å²) in [5, 5.41) is 11.9. The van der Waals surface area contributed by atoms with Crippen molar-refractivity contribution in [2.75, 3.05) is 23.8 Å². The number of ether oxygens (including phenoxy) is 1. The summed E-state index contributed by atoms with van der Waals surface area (Å²) in [5.74, 6) is -2.06. The molecule has 10 nitrogen and oxygen atoms in total. The average Bonchev–Trinajstić information content (AvgIpc) is 2.87. The Kier molecular flexibility index (Phi) is 7.73. The van der Waals surface area contributed by atoms with Crippen molar-refractivity contribution in [3.63, 3.8) is 0 Å². The maximum absolute atomic E-state index is 12.9. The number of carboxylic acids is 1. The number of nitrogens with zero attached hydrogens (tertiary/aromatic N) is 3. The topological polar surface area (TPSA) is 129 Å². The third-order valence-electron chi connectivity index (χ3n) is 5.35. The number of carbonyl (C=O) groups excluding carboxylic acids is 3. The summed E-state index contributed by atoms with van der Waals surface area (Å²) in [4.78, 5) is 56.2. The maximum atomic E-state index is 12.9. The highest BCUT2D eigenvalue weighted by Crippen LogP contribution is 2.27. The van der Waals surface area contributed by atoms with Gasteiger partial charge in [-0.25, -0.2) is 9.78 Å². The van der Waals surface area contributed by atoms with Gasteiger partial charge in [-0.05, 0) is 62.6 Å². The van der Waals surface area contributed by atoms with Crippen LogP contribution in [0.2, 0.25) is 0 Å². The molecule has 0 saturated heterocycles. The molecule has 0 aliphatic carbocycles. The third-order valence-corrected chi connectivity index (χ3v) is 5.35. The highest BCUT2D eigenvalue weighted by molar-refractivity contribution is 6.00. The molecule has 1 aromatic carbocycles. The molecule has 2 N–H and O–H groups in total. The lowest BCUT2D eigenvalue weighted by atomic mass is 9.94. The Labute approximate surface area is 203 Å². The Bertz CT molecular complexity index is 1110. The van der Waals surface area contributed by atoms with Gasteiger partial charge < -0.3 is 20.1 Å². The first-order valence-corrected chi connectivity index (χ1v) is 11.2. The van der Waals surface area contributed by atoms with E-state index in [0.717, 1.165) is 16.0 Å². The van der Waals surface area contributed by atoms with Crippen LogP contribution in [0, 0.1) is 5.92 Å². The molecular formula is C25H30N4O6. The van der Waals surface area contributed by atoms with Crippen LogP contribution in [0.15, 0.2) is 42.6 Å². The summed E-state index contributed by atoms with van der Waals surface area (Å²) in [7, 11) is 1.63. The van der Waals surface area contributed by atoms with Crippen molar-refractivity contribution in [1.29, 1.82) is 0 Å². The molecule has 0 radical (unpaired) electrons. The lowest BCUT2D eigenvalue weighted by Crippen LogP contribution is -2.42. The molecule has 0 bridgehead atoms. The fraction of sp³-hybridized carbons (Fsp3) is 0.400. The first kappa shape index (κ1) is 25.7. The molecule has 2 aromatic rings. The van der Waals surface area contributed by atoms with Gasteiger partial charge in [-0.1, -0.05) is 12.1 Å². The van der Waals surface area contributed by atoms with E-state index in [1.165, 1.54) is 11.1 Å². The van der Waals surface area contributed by atoms with Gasteiger partial charge in [0.15, 0.2) is 0 Å². The van der Waals surface area contributed by atoms with Crippen molar-refractivity contribution in [2.45, 2.75) is 45.8 Å². The fourth-order valence-corrected chi connectivity index (χ4v) is 3.83. The summed E-state index contributed by atoms with van der Waals surface area (Å²) in [6.07, 6.45) is 0.894. The number of aromatic nitrogens is 1. The molecule has 3 amide bonds. The van der Waals surface area contributed by atoms with Crippen LogP contribution < -0.4 is 10.2 Å². The van der Waals surface area contributed by atoms with Gasteiger partial charge in [0.25, 0.3) is 0 Å². The summed E-state index contributed by atoms with van der Waals surface area (Å²) in [5.41, 5.74) is 1.42. The number of nitrogens with one attached hydrogen (secondary N) is 1. The van der Waals surface area contributed by atoms with Crippen molar-refractivity contribution < 1.29 is 29.0 Å². The summed E-state index contributed by atoms with van der Waals surface area (Å²) < 4.78 is 5.44. The molecule has 2 heterocycles. The summed E-state index contributed by atoms with van der Waals surface area (Å²) in [6.45, 7) is 5.19. The molecule has 1 aromatic heterocycles. The summed E-state index contributed by atoms with van der Waals surface area (Å²) in [6, 6.07) is 10.3. The standard InChI is InChI=1S/C25H30N4O6/c1-25(2,3)35-24(34)29(20-7-5-6-10-26-20)15-21(30)27-19-9-8-16-11-17(13-22(31)32)23(33)28(4)14-18(16)12-19/h5-10,12,17H,11,13-15H2,1-4H3,(H,27,30)(H,31,32). The quantitative estimate of drug-likeness (QED) is 0.647. The highest BCUT2D eigenvalue weighted by atomic mass is 16.6. The van der Waals surface area contributed by atoms with Crippen molar-refractivity contribution >= 4 is 35.4 Å². The number of aliphatic carboxylic acids is 1. The summed E-state index contributed by atoms with van der Waals surface area (Å²) >= 11 is 0. The molecule has 1 atom stereocenters. The molecule has 1 aliphatic rings. The van der Waals surface area contributed by atoms with E-state index in [0.29, 0.717) is 18.7 Å². The zero-order chi connectivity index (χ0) is 25.8. The van der Waals surface area contributed by atoms with E-state index in [1.807, 2.05) is 0 Å². The molecule has 186 valence electrons. The van der Waals surface area contributed by atoms with Crippen LogP contribution in [-0.2, 0) is 32.1 Å². The number of benzene rings is 1. The van der Waals surface area contributed by atoms with Gasteiger partial charge in [0, 0.05) is 25.5 Å². The van der Waals surface area contributed by atoms with Gasteiger partial charge in [-0.3, -0.25) is 19.3 Å². The minimum atomic E-state index is -1.02. The first-order valence-electron chi connectivity index (χ1n) is 11.2. The zero-order valence-corrected chi connectivity index (χ0v) is 20.3. The van der Waals surface area contributed by atoms with Gasteiger partial charge >= 0.3 is 12.1 Å². The van der Waals surface area contributed by atoms with Crippen LogP contribution in [0.3, 0.4) is 0 Å². The van der Waals surface area contributed by atoms with E-state index < -0.39 is 29.5 Å². The first-order chi connectivity index (χ1) is 16.4. The normalized spacial score (nSPS) is 15.6. The molecule has 0 fully saturated rings. The van der Waals surface area contributed by atoms with Crippen molar-refractivity contribution in [1.82, 2.24) is 9.88 Å². The number of hydrogen-bond donors (Lipinski definition) is 2. The van der Waals surface area contributed by atoms with E-state index in [4.69, 9.17) is 9.84 Å². The highest BCUT2D eigenvalue weighted by Gasteiger charge is 2.30. The minimum Gasteiger partial charge on any atom is -0.481 e. The van der Waals surface area contributed by atoms with Crippen molar-refractivity contribution in [3.8, 4) is 0 Å². The van der Waals surface area contributed by atoms with Gasteiger partial charge in [-0.2, -0.15) is 0 Å². The molecule has 1 unspecified atom stereocenters.